The molecule has 3 nitrogen and oxygen atoms in total. The summed E-state index contributed by atoms with van der Waals surface area (Å²) >= 11 is 3.19. The average Bonchev–Trinajstić information content (AvgIpc) is 2.14. The summed E-state index contributed by atoms with van der Waals surface area (Å²) in [4.78, 5) is 10.7. The molecular formula is C10H4BrNO2. The van der Waals surface area contributed by atoms with Crippen LogP contribution >= 0.6 is 15.9 Å². The Morgan fingerprint density at radius 2 is 2.21 bits per heavy atom. The first kappa shape index (κ1) is 10.3. The number of carboxylic acid groups (broad SMARTS) is 1. The molecule has 1 rings (SSSR count). The van der Waals surface area contributed by atoms with E-state index in [2.05, 4.69) is 27.8 Å². The number of nitriles is 1. The van der Waals surface area contributed by atoms with Crippen LogP contribution < -0.4 is 0 Å². The van der Waals surface area contributed by atoms with E-state index in [1.807, 2.05) is 0 Å². The van der Waals surface area contributed by atoms with Crippen LogP contribution in [0.1, 0.15) is 15.9 Å². The van der Waals surface area contributed by atoms with Gasteiger partial charge in [-0.1, -0.05) is 15.9 Å². The van der Waals surface area contributed by atoms with Gasteiger partial charge in [0.05, 0.1) is 5.56 Å². The van der Waals surface area contributed by atoms with Gasteiger partial charge in [0.1, 0.15) is 0 Å². The minimum atomic E-state index is -1.06. The summed E-state index contributed by atoms with van der Waals surface area (Å²) in [5, 5.41) is 17.0. The molecule has 1 aromatic rings. The lowest BCUT2D eigenvalue weighted by molar-refractivity contribution is 0.0696. The lowest BCUT2D eigenvalue weighted by atomic mass is 10.1. The van der Waals surface area contributed by atoms with Gasteiger partial charge in [-0.15, -0.1) is 0 Å². The summed E-state index contributed by atoms with van der Waals surface area (Å²) in [6, 6.07) is 6.25. The van der Waals surface area contributed by atoms with Crippen LogP contribution in [0.15, 0.2) is 22.7 Å². The van der Waals surface area contributed by atoms with Crippen molar-refractivity contribution in [2.45, 2.75) is 0 Å². The second-order valence-corrected chi connectivity index (χ2v) is 3.27. The number of hydrogen-bond acceptors (Lipinski definition) is 2. The zero-order valence-electron chi connectivity index (χ0n) is 6.91. The Hall–Kier alpha value is -1.78. The van der Waals surface area contributed by atoms with Crippen molar-refractivity contribution in [2.24, 2.45) is 0 Å². The van der Waals surface area contributed by atoms with Crippen molar-refractivity contribution in [3.8, 4) is 17.9 Å². The van der Waals surface area contributed by atoms with Gasteiger partial charge in [-0.05, 0) is 24.1 Å². The number of halogens is 1. The lowest BCUT2D eigenvalue weighted by Gasteiger charge is -1.98. The summed E-state index contributed by atoms with van der Waals surface area (Å²) in [5.74, 6) is 3.57. The highest BCUT2D eigenvalue weighted by atomic mass is 79.9. The minimum Gasteiger partial charge on any atom is -0.478 e. The summed E-state index contributed by atoms with van der Waals surface area (Å²) < 4.78 is 0.727. The molecule has 0 atom stereocenters. The molecule has 1 N–H and O–H groups in total. The van der Waals surface area contributed by atoms with Gasteiger partial charge in [0.2, 0.25) is 0 Å². The van der Waals surface area contributed by atoms with Crippen molar-refractivity contribution in [2.75, 3.05) is 0 Å². The highest BCUT2D eigenvalue weighted by Gasteiger charge is 2.07. The van der Waals surface area contributed by atoms with Gasteiger partial charge in [-0.25, -0.2) is 4.79 Å². The Labute approximate surface area is 89.1 Å². The summed E-state index contributed by atoms with van der Waals surface area (Å²) in [6.07, 6.45) is 0. The van der Waals surface area contributed by atoms with E-state index in [0.717, 1.165) is 4.47 Å². The monoisotopic (exact) mass is 249 g/mol. The molecule has 0 radical (unpaired) electrons. The molecule has 68 valence electrons. The van der Waals surface area contributed by atoms with Gasteiger partial charge < -0.3 is 5.11 Å². The van der Waals surface area contributed by atoms with Crippen molar-refractivity contribution in [3.05, 3.63) is 33.8 Å². The average molecular weight is 250 g/mol. The fourth-order valence-electron chi connectivity index (χ4n) is 0.902. The molecule has 4 heteroatoms. The van der Waals surface area contributed by atoms with Gasteiger partial charge >= 0.3 is 5.97 Å². The maximum absolute atomic E-state index is 10.7. The lowest BCUT2D eigenvalue weighted by Crippen LogP contribution is -1.99. The van der Waals surface area contributed by atoms with E-state index in [1.54, 1.807) is 18.2 Å². The van der Waals surface area contributed by atoms with Crippen LogP contribution in [0.3, 0.4) is 0 Å². The maximum atomic E-state index is 10.7. The van der Waals surface area contributed by atoms with Crippen LogP contribution in [0.4, 0.5) is 0 Å². The van der Waals surface area contributed by atoms with E-state index in [9.17, 15) is 4.79 Å². The van der Waals surface area contributed by atoms with Crippen LogP contribution in [-0.2, 0) is 0 Å². The molecule has 14 heavy (non-hydrogen) atoms. The van der Waals surface area contributed by atoms with Crippen molar-refractivity contribution in [1.29, 1.82) is 5.26 Å². The van der Waals surface area contributed by atoms with Crippen LogP contribution in [0.2, 0.25) is 0 Å². The van der Waals surface area contributed by atoms with Gasteiger partial charge in [-0.2, -0.15) is 5.26 Å². The molecule has 0 amide bonds. The topological polar surface area (TPSA) is 61.1 Å². The molecule has 0 aliphatic rings. The third-order valence-electron chi connectivity index (χ3n) is 1.47. The number of hydrogen-bond donors (Lipinski definition) is 1. The quantitative estimate of drug-likeness (QED) is 0.775. The number of benzene rings is 1. The summed E-state index contributed by atoms with van der Waals surface area (Å²) in [7, 11) is 0. The second-order valence-electron chi connectivity index (χ2n) is 2.36. The van der Waals surface area contributed by atoms with E-state index in [-0.39, 0.29) is 5.56 Å². The van der Waals surface area contributed by atoms with E-state index in [1.165, 1.54) is 6.07 Å². The molecule has 0 saturated heterocycles. The van der Waals surface area contributed by atoms with Crippen LogP contribution in [0.25, 0.3) is 0 Å². The molecule has 0 saturated carbocycles. The van der Waals surface area contributed by atoms with E-state index in [0.29, 0.717) is 5.56 Å². The van der Waals surface area contributed by atoms with Gasteiger partial charge in [-0.3, -0.25) is 0 Å². The Balaban J connectivity index is 3.31. The Bertz CT molecular complexity index is 477. The van der Waals surface area contributed by atoms with E-state index in [4.69, 9.17) is 10.4 Å². The molecule has 0 bridgehead atoms. The fraction of sp³-hybridized carbons (Fsp3) is 0. The van der Waals surface area contributed by atoms with Crippen molar-refractivity contribution >= 4 is 21.9 Å². The maximum Gasteiger partial charge on any atom is 0.336 e. The molecule has 0 aliphatic carbocycles. The van der Waals surface area contributed by atoms with E-state index < -0.39 is 5.97 Å². The summed E-state index contributed by atoms with van der Waals surface area (Å²) in [5.41, 5.74) is 0.421. The van der Waals surface area contributed by atoms with Gasteiger partial charge in [0.25, 0.3) is 0 Å². The van der Waals surface area contributed by atoms with Crippen LogP contribution in [-0.4, -0.2) is 11.1 Å². The standard InChI is InChI=1S/C10H4BrNO2/c11-8-3-4-9(10(13)14)7(6-8)2-1-5-12/h3-4,6H,(H,13,14). The smallest absolute Gasteiger partial charge is 0.336 e. The summed E-state index contributed by atoms with van der Waals surface area (Å²) in [6.45, 7) is 0. The largest absolute Gasteiger partial charge is 0.478 e. The third kappa shape index (κ3) is 2.35. The number of carboxylic acids is 1. The molecule has 0 heterocycles. The van der Waals surface area contributed by atoms with Crippen molar-refractivity contribution in [1.82, 2.24) is 0 Å². The number of aromatic carboxylic acids is 1. The first-order valence-corrected chi connectivity index (χ1v) is 4.37. The zero-order valence-corrected chi connectivity index (χ0v) is 8.50. The Morgan fingerprint density at radius 3 is 2.79 bits per heavy atom. The molecule has 0 fully saturated rings. The molecule has 0 unspecified atom stereocenters. The van der Waals surface area contributed by atoms with Gasteiger partial charge in [0, 0.05) is 16.0 Å². The number of carbonyl (C=O) groups is 1. The highest BCUT2D eigenvalue weighted by molar-refractivity contribution is 9.10. The Kier molecular flexibility index (Phi) is 3.28. The number of rotatable bonds is 1. The molecule has 0 aliphatic heterocycles. The fourth-order valence-corrected chi connectivity index (χ4v) is 1.26. The van der Waals surface area contributed by atoms with Gasteiger partial charge in [0.15, 0.2) is 6.07 Å². The molecule has 1 aromatic carbocycles. The van der Waals surface area contributed by atoms with Crippen LogP contribution in [0.5, 0.6) is 0 Å². The number of nitrogens with zero attached hydrogens (tertiary/aromatic N) is 1. The van der Waals surface area contributed by atoms with Crippen molar-refractivity contribution in [3.63, 3.8) is 0 Å². The predicted octanol–water partition coefficient (Wildman–Crippen LogP) is 2.02. The van der Waals surface area contributed by atoms with E-state index >= 15 is 0 Å². The highest BCUT2D eigenvalue weighted by Crippen LogP contribution is 2.15. The van der Waals surface area contributed by atoms with Crippen molar-refractivity contribution < 1.29 is 9.90 Å². The third-order valence-corrected chi connectivity index (χ3v) is 1.96. The predicted molar refractivity (Wildman–Crippen MR) is 53.6 cm³/mol. The minimum absolute atomic E-state index is 0.0935. The van der Waals surface area contributed by atoms with Crippen LogP contribution in [0, 0.1) is 23.2 Å². The Morgan fingerprint density at radius 1 is 1.50 bits per heavy atom. The first-order chi connectivity index (χ1) is 6.65. The normalized spacial score (nSPS) is 8.29. The zero-order chi connectivity index (χ0) is 10.6. The molecular weight excluding hydrogens is 246 g/mol. The SMILES string of the molecule is N#CC#Cc1cc(Br)ccc1C(=O)O. The molecule has 0 aromatic heterocycles. The second kappa shape index (κ2) is 4.45. The molecule has 0 spiro atoms. The first-order valence-electron chi connectivity index (χ1n) is 3.58.